The first-order valence-electron chi connectivity index (χ1n) is 8.74. The van der Waals surface area contributed by atoms with Crippen molar-refractivity contribution in [2.75, 3.05) is 31.1 Å². The molecule has 0 radical (unpaired) electrons. The summed E-state index contributed by atoms with van der Waals surface area (Å²) in [6.07, 6.45) is 4.71. The van der Waals surface area contributed by atoms with Gasteiger partial charge in [0, 0.05) is 50.5 Å². The molecule has 3 aliphatic heterocycles. The Morgan fingerprint density at radius 3 is 2.38 bits per heavy atom. The number of rotatable bonds is 2. The van der Waals surface area contributed by atoms with Crippen molar-refractivity contribution in [1.82, 2.24) is 14.8 Å². The number of pyridine rings is 1. The molecule has 0 aromatic carbocycles. The van der Waals surface area contributed by atoms with Gasteiger partial charge < -0.3 is 14.9 Å². The molecule has 4 rings (SSSR count). The van der Waals surface area contributed by atoms with E-state index in [1.165, 1.54) is 6.07 Å². The molecule has 1 N–H and O–H groups in total. The van der Waals surface area contributed by atoms with Crippen LogP contribution in [0, 0.1) is 5.82 Å². The maximum Gasteiger partial charge on any atom is 0.407 e. The summed E-state index contributed by atoms with van der Waals surface area (Å²) in [6, 6.07) is 3.87. The van der Waals surface area contributed by atoms with Crippen LogP contribution in [0.15, 0.2) is 18.3 Å². The SMILES string of the molecule is O=C(O)N1C2CCC1CC(N1CCN(c3ncccc3F)CC1)C2. The van der Waals surface area contributed by atoms with Crippen LogP contribution in [-0.4, -0.2) is 70.3 Å². The quantitative estimate of drug-likeness (QED) is 0.897. The summed E-state index contributed by atoms with van der Waals surface area (Å²) in [6.45, 7) is 3.30. The van der Waals surface area contributed by atoms with Crippen molar-refractivity contribution in [3.63, 3.8) is 0 Å². The standard InChI is InChI=1S/C17H23FN4O2/c18-15-2-1-5-19-16(15)21-8-6-20(7-9-21)14-10-12-3-4-13(11-14)22(12)17(23)24/h1-2,5,12-14H,3-4,6-11H2,(H,23,24). The number of nitrogens with zero attached hydrogens (tertiary/aromatic N) is 4. The van der Waals surface area contributed by atoms with Crippen LogP contribution in [0.3, 0.4) is 0 Å². The predicted molar refractivity (Wildman–Crippen MR) is 87.7 cm³/mol. The lowest BCUT2D eigenvalue weighted by Crippen LogP contribution is -2.56. The van der Waals surface area contributed by atoms with Crippen LogP contribution >= 0.6 is 0 Å². The molecular formula is C17H23FN4O2. The fraction of sp³-hybridized carbons (Fsp3) is 0.647. The highest BCUT2D eigenvalue weighted by atomic mass is 19.1. The minimum absolute atomic E-state index is 0.178. The van der Waals surface area contributed by atoms with Gasteiger partial charge in [-0.1, -0.05) is 0 Å². The number of piperidine rings is 1. The largest absolute Gasteiger partial charge is 0.465 e. The first kappa shape index (κ1) is 15.6. The normalized spacial score (nSPS) is 30.6. The zero-order valence-corrected chi connectivity index (χ0v) is 13.6. The smallest absolute Gasteiger partial charge is 0.407 e. The Bertz CT molecular complexity index is 606. The predicted octanol–water partition coefficient (Wildman–Crippen LogP) is 2.02. The van der Waals surface area contributed by atoms with Crippen molar-refractivity contribution in [2.45, 2.75) is 43.8 Å². The summed E-state index contributed by atoms with van der Waals surface area (Å²) in [7, 11) is 0. The molecular weight excluding hydrogens is 311 g/mol. The number of aromatic nitrogens is 1. The van der Waals surface area contributed by atoms with Crippen LogP contribution in [-0.2, 0) is 0 Å². The molecule has 3 fully saturated rings. The highest BCUT2D eigenvalue weighted by Crippen LogP contribution is 2.38. The van der Waals surface area contributed by atoms with Crippen LogP contribution in [0.25, 0.3) is 0 Å². The van der Waals surface area contributed by atoms with E-state index in [2.05, 4.69) is 9.88 Å². The van der Waals surface area contributed by atoms with Gasteiger partial charge in [0.1, 0.15) is 0 Å². The highest BCUT2D eigenvalue weighted by Gasteiger charge is 2.45. The molecule has 2 bridgehead atoms. The van der Waals surface area contributed by atoms with Gasteiger partial charge in [0.15, 0.2) is 11.6 Å². The van der Waals surface area contributed by atoms with Crippen LogP contribution in [0.1, 0.15) is 25.7 Å². The van der Waals surface area contributed by atoms with E-state index < -0.39 is 6.09 Å². The van der Waals surface area contributed by atoms with E-state index in [4.69, 9.17) is 0 Å². The van der Waals surface area contributed by atoms with Gasteiger partial charge in [-0.3, -0.25) is 4.90 Å². The van der Waals surface area contributed by atoms with E-state index in [9.17, 15) is 14.3 Å². The second kappa shape index (κ2) is 6.20. The molecule has 2 atom stereocenters. The van der Waals surface area contributed by atoms with Gasteiger partial charge in [0.25, 0.3) is 0 Å². The number of carbonyl (C=O) groups is 1. The number of fused-ring (bicyclic) bond motifs is 2. The Balaban J connectivity index is 1.37. The first-order valence-corrected chi connectivity index (χ1v) is 8.74. The maximum absolute atomic E-state index is 13.9. The monoisotopic (exact) mass is 334 g/mol. The van der Waals surface area contributed by atoms with E-state index in [0.29, 0.717) is 11.9 Å². The second-order valence-corrected chi connectivity index (χ2v) is 7.03. The van der Waals surface area contributed by atoms with Gasteiger partial charge in [0.2, 0.25) is 0 Å². The molecule has 130 valence electrons. The molecule has 1 aromatic rings. The molecule has 1 amide bonds. The van der Waals surface area contributed by atoms with E-state index in [0.717, 1.165) is 51.9 Å². The minimum Gasteiger partial charge on any atom is -0.465 e. The van der Waals surface area contributed by atoms with Crippen molar-refractivity contribution in [3.8, 4) is 0 Å². The molecule has 0 spiro atoms. The van der Waals surface area contributed by atoms with Gasteiger partial charge in [0.05, 0.1) is 0 Å². The Morgan fingerprint density at radius 2 is 1.79 bits per heavy atom. The van der Waals surface area contributed by atoms with Gasteiger partial charge in [-0.2, -0.15) is 0 Å². The molecule has 2 unspecified atom stereocenters. The fourth-order valence-electron chi connectivity index (χ4n) is 4.67. The molecule has 0 aliphatic carbocycles. The Labute approximate surface area is 140 Å². The molecule has 4 heterocycles. The summed E-state index contributed by atoms with van der Waals surface area (Å²) in [4.78, 5) is 21.7. The third kappa shape index (κ3) is 2.70. The molecule has 24 heavy (non-hydrogen) atoms. The number of amides is 1. The zero-order valence-electron chi connectivity index (χ0n) is 13.6. The van der Waals surface area contributed by atoms with Crippen LogP contribution in [0.5, 0.6) is 0 Å². The van der Waals surface area contributed by atoms with E-state index in [1.807, 2.05) is 4.90 Å². The van der Waals surface area contributed by atoms with Gasteiger partial charge in [-0.15, -0.1) is 0 Å². The Hall–Kier alpha value is -1.89. The first-order chi connectivity index (χ1) is 11.6. The number of halogens is 1. The maximum atomic E-state index is 13.9. The lowest BCUT2D eigenvalue weighted by molar-refractivity contribution is 0.0543. The summed E-state index contributed by atoms with van der Waals surface area (Å²) in [5, 5.41) is 9.37. The lowest BCUT2D eigenvalue weighted by Gasteiger charge is -2.45. The molecule has 3 aliphatic rings. The molecule has 3 saturated heterocycles. The Kier molecular flexibility index (Phi) is 4.04. The molecule has 0 saturated carbocycles. The fourth-order valence-corrected chi connectivity index (χ4v) is 4.67. The summed E-state index contributed by atoms with van der Waals surface area (Å²) < 4.78 is 13.9. The molecule has 7 heteroatoms. The number of piperazine rings is 1. The van der Waals surface area contributed by atoms with Crippen LogP contribution in [0.2, 0.25) is 0 Å². The molecule has 1 aromatic heterocycles. The Morgan fingerprint density at radius 1 is 1.12 bits per heavy atom. The third-order valence-corrected chi connectivity index (χ3v) is 5.80. The van der Waals surface area contributed by atoms with Crippen LogP contribution < -0.4 is 4.90 Å². The van der Waals surface area contributed by atoms with Crippen LogP contribution in [0.4, 0.5) is 15.0 Å². The van der Waals surface area contributed by atoms with Gasteiger partial charge in [-0.05, 0) is 37.8 Å². The third-order valence-electron chi connectivity index (χ3n) is 5.80. The van der Waals surface area contributed by atoms with Gasteiger partial charge in [-0.25, -0.2) is 14.2 Å². The summed E-state index contributed by atoms with van der Waals surface area (Å²) in [5.74, 6) is 0.177. The average molecular weight is 334 g/mol. The van der Waals surface area contributed by atoms with Crippen molar-refractivity contribution in [3.05, 3.63) is 24.1 Å². The number of hydrogen-bond acceptors (Lipinski definition) is 4. The lowest BCUT2D eigenvalue weighted by atomic mass is 9.95. The summed E-state index contributed by atoms with van der Waals surface area (Å²) in [5.41, 5.74) is 0. The highest BCUT2D eigenvalue weighted by molar-refractivity contribution is 5.66. The zero-order chi connectivity index (χ0) is 16.7. The number of hydrogen-bond donors (Lipinski definition) is 1. The van der Waals surface area contributed by atoms with Crippen molar-refractivity contribution in [2.24, 2.45) is 0 Å². The number of carboxylic acid groups (broad SMARTS) is 1. The minimum atomic E-state index is -0.767. The van der Waals surface area contributed by atoms with Crippen molar-refractivity contribution in [1.29, 1.82) is 0 Å². The average Bonchev–Trinajstić information content (AvgIpc) is 2.86. The number of anilines is 1. The topological polar surface area (TPSA) is 59.9 Å². The van der Waals surface area contributed by atoms with Crippen molar-refractivity contribution < 1.29 is 14.3 Å². The van der Waals surface area contributed by atoms with E-state index in [-0.39, 0.29) is 17.9 Å². The second-order valence-electron chi connectivity index (χ2n) is 7.03. The van der Waals surface area contributed by atoms with E-state index >= 15 is 0 Å². The molecule has 6 nitrogen and oxygen atoms in total. The van der Waals surface area contributed by atoms with Crippen molar-refractivity contribution >= 4 is 11.9 Å². The van der Waals surface area contributed by atoms with Gasteiger partial charge >= 0.3 is 6.09 Å². The summed E-state index contributed by atoms with van der Waals surface area (Å²) >= 11 is 0. The van der Waals surface area contributed by atoms with E-state index in [1.54, 1.807) is 17.2 Å².